The fraction of sp³-hybridized carbons (Fsp3) is 0.429. The van der Waals surface area contributed by atoms with E-state index in [1.807, 2.05) is 11.3 Å². The third kappa shape index (κ3) is 2.17. The monoisotopic (exact) mass is 246 g/mol. The quantitative estimate of drug-likeness (QED) is 0.876. The lowest BCUT2D eigenvalue weighted by Gasteiger charge is -2.35. The van der Waals surface area contributed by atoms with Gasteiger partial charge in [0.05, 0.1) is 0 Å². The van der Waals surface area contributed by atoms with Gasteiger partial charge in [-0.25, -0.2) is 0 Å². The van der Waals surface area contributed by atoms with Crippen LogP contribution >= 0.6 is 11.3 Å². The van der Waals surface area contributed by atoms with Crippen LogP contribution < -0.4 is 10.2 Å². The van der Waals surface area contributed by atoms with Crippen LogP contribution in [0.2, 0.25) is 0 Å². The van der Waals surface area contributed by atoms with E-state index in [1.165, 1.54) is 22.2 Å². The third-order valence-corrected chi connectivity index (χ3v) is 4.45. The first-order valence-corrected chi connectivity index (χ1v) is 7.20. The van der Waals surface area contributed by atoms with Gasteiger partial charge in [-0.15, -0.1) is 11.3 Å². The minimum atomic E-state index is 0.641. The minimum Gasteiger partial charge on any atom is -0.369 e. The van der Waals surface area contributed by atoms with Crippen LogP contribution in [0.5, 0.6) is 0 Å². The van der Waals surface area contributed by atoms with Crippen LogP contribution in [-0.4, -0.2) is 25.7 Å². The molecule has 1 aromatic heterocycles. The second-order valence-corrected chi connectivity index (χ2v) is 5.60. The van der Waals surface area contributed by atoms with Crippen molar-refractivity contribution >= 4 is 27.1 Å². The molecule has 1 aliphatic rings. The summed E-state index contributed by atoms with van der Waals surface area (Å²) in [6.07, 6.45) is 1.21. The maximum Gasteiger partial charge on any atom is 0.0374 e. The van der Waals surface area contributed by atoms with Gasteiger partial charge in [-0.2, -0.15) is 0 Å². The predicted molar refractivity (Wildman–Crippen MR) is 76.1 cm³/mol. The first kappa shape index (κ1) is 11.1. The Kier molecular flexibility index (Phi) is 3.04. The van der Waals surface area contributed by atoms with Gasteiger partial charge in [-0.1, -0.05) is 6.92 Å². The minimum absolute atomic E-state index is 0.641. The van der Waals surface area contributed by atoms with E-state index in [4.69, 9.17) is 0 Å². The summed E-state index contributed by atoms with van der Waals surface area (Å²) in [7, 11) is 0. The Morgan fingerprint density at radius 1 is 1.41 bits per heavy atom. The Balaban J connectivity index is 1.86. The Morgan fingerprint density at radius 2 is 2.35 bits per heavy atom. The van der Waals surface area contributed by atoms with Gasteiger partial charge in [0.15, 0.2) is 0 Å². The lowest BCUT2D eigenvalue weighted by Crippen LogP contribution is -2.50. The van der Waals surface area contributed by atoms with Crippen LogP contribution in [0, 0.1) is 0 Å². The van der Waals surface area contributed by atoms with Crippen molar-refractivity contribution in [3.05, 3.63) is 29.6 Å². The molecule has 1 fully saturated rings. The molecule has 2 heterocycles. The lowest BCUT2D eigenvalue weighted by molar-refractivity contribution is 0.447. The number of anilines is 1. The van der Waals surface area contributed by atoms with Crippen LogP contribution in [0.25, 0.3) is 10.1 Å². The summed E-state index contributed by atoms with van der Waals surface area (Å²) in [5.74, 6) is 0. The molecule has 2 aromatic rings. The maximum atomic E-state index is 3.56. The molecule has 0 radical (unpaired) electrons. The fourth-order valence-corrected chi connectivity index (χ4v) is 3.26. The molecule has 0 aliphatic carbocycles. The predicted octanol–water partition coefficient (Wildman–Crippen LogP) is 3.09. The summed E-state index contributed by atoms with van der Waals surface area (Å²) in [6.45, 7) is 5.60. The number of hydrogen-bond donors (Lipinski definition) is 1. The highest BCUT2D eigenvalue weighted by Crippen LogP contribution is 2.26. The van der Waals surface area contributed by atoms with Crippen LogP contribution in [0.4, 0.5) is 5.69 Å². The number of thiophene rings is 1. The van der Waals surface area contributed by atoms with E-state index in [1.54, 1.807) is 0 Å². The van der Waals surface area contributed by atoms with Crippen molar-refractivity contribution < 1.29 is 0 Å². The topological polar surface area (TPSA) is 15.3 Å². The molecular formula is C14H18N2S. The van der Waals surface area contributed by atoms with Gasteiger partial charge in [0.25, 0.3) is 0 Å². The SMILES string of the molecule is CCC1CN(c2ccc3sccc3c2)CCN1. The number of benzene rings is 1. The highest BCUT2D eigenvalue weighted by molar-refractivity contribution is 7.17. The molecule has 0 amide bonds. The molecule has 1 aromatic carbocycles. The third-order valence-electron chi connectivity index (χ3n) is 3.55. The summed E-state index contributed by atoms with van der Waals surface area (Å²) >= 11 is 1.82. The van der Waals surface area contributed by atoms with Gasteiger partial charge in [0.2, 0.25) is 0 Å². The number of nitrogens with one attached hydrogen (secondary N) is 1. The van der Waals surface area contributed by atoms with Crippen molar-refractivity contribution in [3.8, 4) is 0 Å². The van der Waals surface area contributed by atoms with E-state index < -0.39 is 0 Å². The molecule has 3 rings (SSSR count). The highest BCUT2D eigenvalue weighted by Gasteiger charge is 2.17. The normalized spacial score (nSPS) is 21.0. The molecule has 0 bridgehead atoms. The second-order valence-electron chi connectivity index (χ2n) is 4.65. The number of fused-ring (bicyclic) bond motifs is 1. The fourth-order valence-electron chi connectivity index (χ4n) is 2.48. The van der Waals surface area contributed by atoms with Gasteiger partial charge in [-0.3, -0.25) is 0 Å². The molecule has 1 saturated heterocycles. The van der Waals surface area contributed by atoms with Crippen LogP contribution in [0.15, 0.2) is 29.6 Å². The second kappa shape index (κ2) is 4.67. The zero-order valence-electron chi connectivity index (χ0n) is 10.1. The first-order chi connectivity index (χ1) is 8.36. The van der Waals surface area contributed by atoms with E-state index in [0.717, 1.165) is 19.6 Å². The molecule has 2 nitrogen and oxygen atoms in total. The van der Waals surface area contributed by atoms with Gasteiger partial charge in [0.1, 0.15) is 0 Å². The number of rotatable bonds is 2. The molecule has 3 heteroatoms. The molecule has 1 aliphatic heterocycles. The smallest absolute Gasteiger partial charge is 0.0374 e. The van der Waals surface area contributed by atoms with E-state index in [2.05, 4.69) is 46.8 Å². The number of nitrogens with zero attached hydrogens (tertiary/aromatic N) is 1. The van der Waals surface area contributed by atoms with Gasteiger partial charge >= 0.3 is 0 Å². The van der Waals surface area contributed by atoms with Crippen molar-refractivity contribution in [1.29, 1.82) is 0 Å². The van der Waals surface area contributed by atoms with Crippen molar-refractivity contribution in [2.24, 2.45) is 0 Å². The Labute approximate surface area is 106 Å². The summed E-state index contributed by atoms with van der Waals surface area (Å²) < 4.78 is 1.39. The van der Waals surface area contributed by atoms with Crippen LogP contribution in [0.3, 0.4) is 0 Å². The molecule has 1 N–H and O–H groups in total. The Morgan fingerprint density at radius 3 is 3.24 bits per heavy atom. The van der Waals surface area contributed by atoms with E-state index >= 15 is 0 Å². The lowest BCUT2D eigenvalue weighted by atomic mass is 10.1. The molecule has 0 saturated carbocycles. The van der Waals surface area contributed by atoms with Gasteiger partial charge in [0, 0.05) is 36.1 Å². The van der Waals surface area contributed by atoms with Crippen molar-refractivity contribution in [1.82, 2.24) is 5.32 Å². The standard InChI is InChI=1S/C14H18N2S/c1-2-12-10-16(7-6-15-12)13-3-4-14-11(9-13)5-8-17-14/h3-5,8-9,12,15H,2,6-7,10H2,1H3. The van der Waals surface area contributed by atoms with Gasteiger partial charge in [-0.05, 0) is 41.5 Å². The van der Waals surface area contributed by atoms with Crippen LogP contribution in [-0.2, 0) is 0 Å². The summed E-state index contributed by atoms with van der Waals surface area (Å²) in [5.41, 5.74) is 1.37. The zero-order chi connectivity index (χ0) is 11.7. The van der Waals surface area contributed by atoms with E-state index in [0.29, 0.717) is 6.04 Å². The van der Waals surface area contributed by atoms with E-state index in [9.17, 15) is 0 Å². The zero-order valence-corrected chi connectivity index (χ0v) is 11.0. The molecule has 17 heavy (non-hydrogen) atoms. The van der Waals surface area contributed by atoms with E-state index in [-0.39, 0.29) is 0 Å². The van der Waals surface area contributed by atoms with Gasteiger partial charge < -0.3 is 10.2 Å². The Bertz CT molecular complexity index is 506. The highest BCUT2D eigenvalue weighted by atomic mass is 32.1. The average Bonchev–Trinajstić information content (AvgIpc) is 2.86. The maximum absolute atomic E-state index is 3.56. The summed E-state index contributed by atoms with van der Waals surface area (Å²) in [6, 6.07) is 9.68. The summed E-state index contributed by atoms with van der Waals surface area (Å²) in [4.78, 5) is 2.50. The number of hydrogen-bond acceptors (Lipinski definition) is 3. The van der Waals surface area contributed by atoms with Crippen molar-refractivity contribution in [3.63, 3.8) is 0 Å². The molecular weight excluding hydrogens is 228 g/mol. The number of piperazine rings is 1. The van der Waals surface area contributed by atoms with Crippen molar-refractivity contribution in [2.45, 2.75) is 19.4 Å². The average molecular weight is 246 g/mol. The Hall–Kier alpha value is -1.06. The van der Waals surface area contributed by atoms with Crippen molar-refractivity contribution in [2.75, 3.05) is 24.5 Å². The molecule has 90 valence electrons. The largest absolute Gasteiger partial charge is 0.369 e. The first-order valence-electron chi connectivity index (χ1n) is 6.32. The molecule has 1 atom stereocenters. The summed E-state index contributed by atoms with van der Waals surface area (Å²) in [5, 5.41) is 7.10. The van der Waals surface area contributed by atoms with Crippen LogP contribution in [0.1, 0.15) is 13.3 Å². The molecule has 0 spiro atoms. The molecule has 1 unspecified atom stereocenters.